The van der Waals surface area contributed by atoms with Crippen LogP contribution in [0.2, 0.25) is 0 Å². The third-order valence-corrected chi connectivity index (χ3v) is 3.51. The van der Waals surface area contributed by atoms with E-state index in [9.17, 15) is 9.59 Å². The van der Waals surface area contributed by atoms with Crippen LogP contribution in [0.5, 0.6) is 0 Å². The van der Waals surface area contributed by atoms with Gasteiger partial charge >= 0.3 is 5.97 Å². The molecule has 110 valence electrons. The summed E-state index contributed by atoms with van der Waals surface area (Å²) in [5, 5.41) is 20.1. The van der Waals surface area contributed by atoms with Gasteiger partial charge in [-0.25, -0.2) is 4.79 Å². The summed E-state index contributed by atoms with van der Waals surface area (Å²) in [6.45, 7) is 1.63. The Morgan fingerprint density at radius 2 is 1.90 bits per heavy atom. The summed E-state index contributed by atoms with van der Waals surface area (Å²) in [6.07, 6.45) is 0.213. The summed E-state index contributed by atoms with van der Waals surface area (Å²) in [5.41, 5.74) is 1.01. The summed E-state index contributed by atoms with van der Waals surface area (Å²) in [6, 6.07) is 6.60. The van der Waals surface area contributed by atoms with Gasteiger partial charge < -0.3 is 15.5 Å². The molecule has 0 spiro atoms. The fourth-order valence-electron chi connectivity index (χ4n) is 1.83. The summed E-state index contributed by atoms with van der Waals surface area (Å²) >= 11 is 3.34. The Morgan fingerprint density at radius 3 is 2.40 bits per heavy atom. The first-order valence-corrected chi connectivity index (χ1v) is 7.11. The van der Waals surface area contributed by atoms with Crippen LogP contribution in [0.25, 0.3) is 0 Å². The minimum atomic E-state index is -1.14. The van der Waals surface area contributed by atoms with E-state index in [1.165, 1.54) is 0 Å². The third-order valence-electron chi connectivity index (χ3n) is 2.98. The van der Waals surface area contributed by atoms with Gasteiger partial charge in [0, 0.05) is 23.9 Å². The number of carboxylic acids is 1. The Bertz CT molecular complexity index is 461. The molecule has 5 nitrogen and oxygen atoms in total. The lowest BCUT2D eigenvalue weighted by molar-refractivity contribution is -0.142. The van der Waals surface area contributed by atoms with Crippen molar-refractivity contribution in [1.82, 2.24) is 5.32 Å². The van der Waals surface area contributed by atoms with Gasteiger partial charge in [0.2, 0.25) is 5.91 Å². The molecule has 0 aliphatic carbocycles. The minimum Gasteiger partial charge on any atom is -0.480 e. The number of benzene rings is 1. The molecule has 20 heavy (non-hydrogen) atoms. The van der Waals surface area contributed by atoms with E-state index in [0.717, 1.165) is 10.0 Å². The van der Waals surface area contributed by atoms with E-state index < -0.39 is 12.0 Å². The maximum atomic E-state index is 11.8. The molecular weight excluding hydrogens is 326 g/mol. The summed E-state index contributed by atoms with van der Waals surface area (Å²) in [5.74, 6) is -1.48. The van der Waals surface area contributed by atoms with E-state index in [2.05, 4.69) is 21.2 Å². The Morgan fingerprint density at radius 1 is 1.30 bits per heavy atom. The molecule has 6 heteroatoms. The highest BCUT2D eigenvalue weighted by atomic mass is 79.9. The van der Waals surface area contributed by atoms with Crippen LogP contribution in [0, 0.1) is 0 Å². The SMILES string of the molecule is CC(CC(=O)N[C@@H](CCO)C(=O)O)c1ccc(Br)cc1. The van der Waals surface area contributed by atoms with E-state index in [-0.39, 0.29) is 31.3 Å². The number of amides is 1. The van der Waals surface area contributed by atoms with Gasteiger partial charge in [0.25, 0.3) is 0 Å². The molecule has 1 aromatic rings. The van der Waals surface area contributed by atoms with Crippen LogP contribution in [0.3, 0.4) is 0 Å². The molecule has 0 bridgehead atoms. The van der Waals surface area contributed by atoms with Gasteiger partial charge in [0.15, 0.2) is 0 Å². The molecule has 2 atom stereocenters. The zero-order valence-electron chi connectivity index (χ0n) is 11.2. The first-order chi connectivity index (χ1) is 9.43. The van der Waals surface area contributed by atoms with E-state index in [1.807, 2.05) is 31.2 Å². The van der Waals surface area contributed by atoms with Crippen LogP contribution >= 0.6 is 15.9 Å². The predicted molar refractivity (Wildman–Crippen MR) is 78.4 cm³/mol. The number of halogens is 1. The lowest BCUT2D eigenvalue weighted by atomic mass is 9.97. The lowest BCUT2D eigenvalue weighted by Gasteiger charge is -2.16. The monoisotopic (exact) mass is 343 g/mol. The van der Waals surface area contributed by atoms with E-state index in [0.29, 0.717) is 0 Å². The smallest absolute Gasteiger partial charge is 0.326 e. The topological polar surface area (TPSA) is 86.6 Å². The number of carbonyl (C=O) groups is 2. The summed E-state index contributed by atoms with van der Waals surface area (Å²) in [4.78, 5) is 22.7. The second kappa shape index (κ2) is 8.01. The number of hydrogen-bond acceptors (Lipinski definition) is 3. The number of aliphatic hydroxyl groups is 1. The van der Waals surface area contributed by atoms with Crippen molar-refractivity contribution in [2.75, 3.05) is 6.61 Å². The third kappa shape index (κ3) is 5.30. The predicted octanol–water partition coefficient (Wildman–Crippen LogP) is 1.89. The zero-order chi connectivity index (χ0) is 15.1. The minimum absolute atomic E-state index is 0.00768. The molecule has 3 N–H and O–H groups in total. The molecule has 0 aliphatic heterocycles. The molecule has 0 heterocycles. The highest BCUT2D eigenvalue weighted by Crippen LogP contribution is 2.21. The van der Waals surface area contributed by atoms with Crippen LogP contribution in [0.1, 0.15) is 31.2 Å². The van der Waals surface area contributed by atoms with Crippen LogP contribution < -0.4 is 5.32 Å². The molecule has 1 unspecified atom stereocenters. The highest BCUT2D eigenvalue weighted by Gasteiger charge is 2.20. The largest absolute Gasteiger partial charge is 0.480 e. The molecule has 0 aliphatic rings. The zero-order valence-corrected chi connectivity index (χ0v) is 12.8. The van der Waals surface area contributed by atoms with Crippen molar-refractivity contribution in [3.8, 4) is 0 Å². The van der Waals surface area contributed by atoms with Crippen molar-refractivity contribution in [2.45, 2.75) is 31.7 Å². The molecule has 1 aromatic carbocycles. The number of carbonyl (C=O) groups excluding carboxylic acids is 1. The van der Waals surface area contributed by atoms with Gasteiger partial charge in [-0.05, 0) is 23.6 Å². The van der Waals surface area contributed by atoms with Crippen LogP contribution in [0.15, 0.2) is 28.7 Å². The van der Waals surface area contributed by atoms with E-state index in [1.54, 1.807) is 0 Å². The summed E-state index contributed by atoms with van der Waals surface area (Å²) < 4.78 is 0.965. The van der Waals surface area contributed by atoms with Gasteiger partial charge in [-0.3, -0.25) is 4.79 Å². The second-order valence-corrected chi connectivity index (χ2v) is 5.54. The quantitative estimate of drug-likeness (QED) is 0.705. The normalized spacial score (nSPS) is 13.6. The standard InChI is InChI=1S/C14H18BrNO4/c1-9(10-2-4-11(15)5-3-10)8-13(18)16-12(6-7-17)14(19)20/h2-5,9,12,17H,6-8H2,1H3,(H,16,18)(H,19,20)/t9?,12-/m0/s1. The number of nitrogens with one attached hydrogen (secondary N) is 1. The molecule has 0 saturated carbocycles. The van der Waals surface area contributed by atoms with Crippen molar-refractivity contribution in [3.63, 3.8) is 0 Å². The number of aliphatic hydroxyl groups excluding tert-OH is 1. The Hall–Kier alpha value is -1.40. The van der Waals surface area contributed by atoms with Crippen molar-refractivity contribution in [2.24, 2.45) is 0 Å². The number of hydrogen-bond donors (Lipinski definition) is 3. The van der Waals surface area contributed by atoms with Crippen LogP contribution in [-0.4, -0.2) is 34.7 Å². The second-order valence-electron chi connectivity index (χ2n) is 4.63. The molecule has 0 fully saturated rings. The van der Waals surface area contributed by atoms with Gasteiger partial charge in [0.05, 0.1) is 0 Å². The van der Waals surface area contributed by atoms with Gasteiger partial charge in [-0.2, -0.15) is 0 Å². The highest BCUT2D eigenvalue weighted by molar-refractivity contribution is 9.10. The van der Waals surface area contributed by atoms with Gasteiger partial charge in [-0.15, -0.1) is 0 Å². The van der Waals surface area contributed by atoms with Crippen LogP contribution in [0.4, 0.5) is 0 Å². The molecule has 0 radical (unpaired) electrons. The first kappa shape index (κ1) is 16.7. The van der Waals surface area contributed by atoms with Crippen molar-refractivity contribution in [1.29, 1.82) is 0 Å². The molecule has 1 rings (SSSR count). The van der Waals surface area contributed by atoms with Crippen molar-refractivity contribution in [3.05, 3.63) is 34.3 Å². The number of carboxylic acid groups (broad SMARTS) is 1. The lowest BCUT2D eigenvalue weighted by Crippen LogP contribution is -2.41. The van der Waals surface area contributed by atoms with Crippen LogP contribution in [-0.2, 0) is 9.59 Å². The van der Waals surface area contributed by atoms with E-state index in [4.69, 9.17) is 10.2 Å². The molecular formula is C14H18BrNO4. The molecule has 0 aromatic heterocycles. The number of rotatable bonds is 7. The fourth-order valence-corrected chi connectivity index (χ4v) is 2.09. The molecule has 0 saturated heterocycles. The summed E-state index contributed by atoms with van der Waals surface area (Å²) in [7, 11) is 0. The van der Waals surface area contributed by atoms with Gasteiger partial charge in [-0.1, -0.05) is 35.0 Å². The Labute approximate surface area is 126 Å². The maximum absolute atomic E-state index is 11.8. The Balaban J connectivity index is 2.56. The van der Waals surface area contributed by atoms with Crippen molar-refractivity contribution < 1.29 is 19.8 Å². The van der Waals surface area contributed by atoms with Crippen molar-refractivity contribution >= 4 is 27.8 Å². The average molecular weight is 344 g/mol. The maximum Gasteiger partial charge on any atom is 0.326 e. The van der Waals surface area contributed by atoms with Gasteiger partial charge in [0.1, 0.15) is 6.04 Å². The average Bonchev–Trinajstić information content (AvgIpc) is 2.38. The Kier molecular flexibility index (Phi) is 6.67. The fraction of sp³-hybridized carbons (Fsp3) is 0.429. The molecule has 1 amide bonds. The van der Waals surface area contributed by atoms with E-state index >= 15 is 0 Å². The number of aliphatic carboxylic acids is 1. The first-order valence-electron chi connectivity index (χ1n) is 6.32.